The maximum absolute atomic E-state index is 13.0. The number of ether oxygens (including phenoxy) is 1. The summed E-state index contributed by atoms with van der Waals surface area (Å²) in [5, 5.41) is 8.32. The van der Waals surface area contributed by atoms with Crippen molar-refractivity contribution in [3.63, 3.8) is 0 Å². The summed E-state index contributed by atoms with van der Waals surface area (Å²) in [6.45, 7) is 10.8. The Morgan fingerprint density at radius 2 is 2.23 bits per heavy atom. The summed E-state index contributed by atoms with van der Waals surface area (Å²) >= 11 is 0. The molecule has 26 heavy (non-hydrogen) atoms. The van der Waals surface area contributed by atoms with Crippen LogP contribution in [0.5, 0.6) is 0 Å². The van der Waals surface area contributed by atoms with Gasteiger partial charge >= 0.3 is 0 Å². The molecule has 6 heteroatoms. The zero-order valence-electron chi connectivity index (χ0n) is 16.0. The molecule has 2 aliphatic rings. The van der Waals surface area contributed by atoms with Crippen LogP contribution >= 0.6 is 0 Å². The normalized spacial score (nSPS) is 19.6. The lowest BCUT2D eigenvalue weighted by Gasteiger charge is -2.25. The fourth-order valence-corrected chi connectivity index (χ4v) is 4.00. The maximum Gasteiger partial charge on any atom is 0.274 e. The number of nitrogens with zero attached hydrogens (tertiary/aromatic N) is 3. The van der Waals surface area contributed by atoms with Crippen LogP contribution in [0.25, 0.3) is 0 Å². The van der Waals surface area contributed by atoms with Crippen molar-refractivity contribution in [1.82, 2.24) is 20.0 Å². The third kappa shape index (κ3) is 4.35. The van der Waals surface area contributed by atoms with E-state index in [1.54, 1.807) is 0 Å². The van der Waals surface area contributed by atoms with Crippen molar-refractivity contribution in [2.45, 2.75) is 58.0 Å². The number of amides is 1. The first-order valence-electron chi connectivity index (χ1n) is 10.0. The van der Waals surface area contributed by atoms with Crippen molar-refractivity contribution in [1.29, 1.82) is 0 Å². The number of carbonyl (C=O) groups excluding carboxylic acids is 1. The minimum absolute atomic E-state index is 0.110. The Kier molecular flexibility index (Phi) is 6.86. The van der Waals surface area contributed by atoms with Crippen molar-refractivity contribution >= 4 is 5.91 Å². The van der Waals surface area contributed by atoms with E-state index in [4.69, 9.17) is 4.74 Å². The Hall–Kier alpha value is -1.66. The van der Waals surface area contributed by atoms with Gasteiger partial charge in [0.2, 0.25) is 0 Å². The summed E-state index contributed by atoms with van der Waals surface area (Å²) in [6, 6.07) is 0.413. The monoisotopic (exact) mass is 360 g/mol. The van der Waals surface area contributed by atoms with Gasteiger partial charge in [0, 0.05) is 43.6 Å². The number of nitrogens with one attached hydrogen (secondary N) is 1. The Bertz CT molecular complexity index is 620. The Morgan fingerprint density at radius 1 is 1.42 bits per heavy atom. The van der Waals surface area contributed by atoms with E-state index in [2.05, 4.69) is 17.0 Å². The van der Waals surface area contributed by atoms with Gasteiger partial charge in [-0.1, -0.05) is 6.08 Å². The van der Waals surface area contributed by atoms with Crippen LogP contribution in [0.2, 0.25) is 0 Å². The first-order chi connectivity index (χ1) is 12.7. The summed E-state index contributed by atoms with van der Waals surface area (Å²) in [4.78, 5) is 14.9. The molecule has 0 saturated carbocycles. The second kappa shape index (κ2) is 9.33. The van der Waals surface area contributed by atoms with Crippen molar-refractivity contribution in [3.8, 4) is 0 Å². The molecule has 1 saturated heterocycles. The maximum atomic E-state index is 13.0. The third-order valence-electron chi connectivity index (χ3n) is 5.35. The van der Waals surface area contributed by atoms with Crippen molar-refractivity contribution in [2.24, 2.45) is 0 Å². The SMILES string of the molecule is C=CCn1nc(C(=O)N2CCCC2)c2c1CC[C@H](NCCCOCC)C2. The number of hydrogen-bond donors (Lipinski definition) is 1. The Labute approximate surface area is 156 Å². The molecule has 1 aromatic heterocycles. The average molecular weight is 361 g/mol. The Morgan fingerprint density at radius 3 is 2.96 bits per heavy atom. The van der Waals surface area contributed by atoms with Gasteiger partial charge in [-0.3, -0.25) is 9.48 Å². The third-order valence-corrected chi connectivity index (χ3v) is 5.35. The largest absolute Gasteiger partial charge is 0.382 e. The molecule has 6 nitrogen and oxygen atoms in total. The molecule has 1 atom stereocenters. The average Bonchev–Trinajstić information content (AvgIpc) is 3.30. The molecule has 0 aromatic carbocycles. The zero-order chi connectivity index (χ0) is 18.4. The highest BCUT2D eigenvalue weighted by atomic mass is 16.5. The lowest BCUT2D eigenvalue weighted by atomic mass is 9.91. The zero-order valence-corrected chi connectivity index (χ0v) is 16.0. The van der Waals surface area contributed by atoms with Crippen LogP contribution < -0.4 is 5.32 Å². The van der Waals surface area contributed by atoms with Gasteiger partial charge in [-0.2, -0.15) is 5.10 Å². The predicted octanol–water partition coefficient (Wildman–Crippen LogP) is 2.18. The smallest absolute Gasteiger partial charge is 0.274 e. The van der Waals surface area contributed by atoms with Gasteiger partial charge < -0.3 is 15.0 Å². The fraction of sp³-hybridized carbons (Fsp3) is 0.700. The van der Waals surface area contributed by atoms with Crippen molar-refractivity contribution in [2.75, 3.05) is 32.8 Å². The first kappa shape index (κ1) is 19.1. The van der Waals surface area contributed by atoms with E-state index >= 15 is 0 Å². The Balaban J connectivity index is 1.69. The van der Waals surface area contributed by atoms with E-state index in [9.17, 15) is 4.79 Å². The molecule has 3 rings (SSSR count). The number of rotatable bonds is 9. The molecule has 0 spiro atoms. The van der Waals surface area contributed by atoms with Gasteiger partial charge in [0.1, 0.15) is 0 Å². The minimum atomic E-state index is 0.110. The molecular weight excluding hydrogens is 328 g/mol. The van der Waals surface area contributed by atoms with Gasteiger partial charge in [-0.05, 0) is 52.0 Å². The summed E-state index contributed by atoms with van der Waals surface area (Å²) in [7, 11) is 0. The van der Waals surface area contributed by atoms with Crippen LogP contribution in [0.1, 0.15) is 54.4 Å². The lowest BCUT2D eigenvalue weighted by Crippen LogP contribution is -2.37. The minimum Gasteiger partial charge on any atom is -0.382 e. The van der Waals surface area contributed by atoms with Crippen LogP contribution in [-0.2, 0) is 24.1 Å². The molecule has 0 radical (unpaired) electrons. The second-order valence-electron chi connectivity index (χ2n) is 7.19. The fourth-order valence-electron chi connectivity index (χ4n) is 4.00. The molecule has 1 aromatic rings. The van der Waals surface area contributed by atoms with E-state index in [1.807, 2.05) is 22.6 Å². The van der Waals surface area contributed by atoms with Gasteiger partial charge in [0.05, 0.1) is 6.54 Å². The van der Waals surface area contributed by atoms with Crippen molar-refractivity contribution in [3.05, 3.63) is 29.6 Å². The standard InChI is InChI=1S/C20H32N4O2/c1-3-11-24-18-9-8-16(21-10-7-14-26-4-2)15-17(18)19(22-24)20(25)23-12-5-6-13-23/h3,16,21H,1,4-15H2,2H3/t16-/m0/s1. The van der Waals surface area contributed by atoms with Crippen molar-refractivity contribution < 1.29 is 9.53 Å². The molecule has 1 amide bonds. The first-order valence-corrected chi connectivity index (χ1v) is 10.0. The predicted molar refractivity (Wildman–Crippen MR) is 102 cm³/mol. The summed E-state index contributed by atoms with van der Waals surface area (Å²) in [6.07, 6.45) is 8.02. The van der Waals surface area contributed by atoms with Crippen LogP contribution in [0, 0.1) is 0 Å². The number of allylic oxidation sites excluding steroid dienone is 1. The van der Waals surface area contributed by atoms with Crippen LogP contribution in [0.15, 0.2) is 12.7 Å². The van der Waals surface area contributed by atoms with Gasteiger partial charge in [-0.25, -0.2) is 0 Å². The van der Waals surface area contributed by atoms with Crippen LogP contribution in [0.3, 0.4) is 0 Å². The number of aromatic nitrogens is 2. The number of carbonyl (C=O) groups is 1. The number of likely N-dealkylation sites (tertiary alicyclic amines) is 1. The summed E-state index contributed by atoms with van der Waals surface area (Å²) < 4.78 is 7.39. The molecule has 0 unspecified atom stereocenters. The van der Waals surface area contributed by atoms with E-state index in [0.717, 1.165) is 76.9 Å². The summed E-state index contributed by atoms with van der Waals surface area (Å²) in [5.74, 6) is 0.110. The van der Waals surface area contributed by atoms with Gasteiger partial charge in [-0.15, -0.1) is 6.58 Å². The topological polar surface area (TPSA) is 59.4 Å². The molecule has 1 aliphatic heterocycles. The molecule has 0 bridgehead atoms. The van der Waals surface area contributed by atoms with Crippen LogP contribution in [0.4, 0.5) is 0 Å². The highest BCUT2D eigenvalue weighted by Crippen LogP contribution is 2.27. The summed E-state index contributed by atoms with van der Waals surface area (Å²) in [5.41, 5.74) is 3.04. The lowest BCUT2D eigenvalue weighted by molar-refractivity contribution is 0.0785. The van der Waals surface area contributed by atoms with E-state index in [0.29, 0.717) is 18.3 Å². The number of fused-ring (bicyclic) bond motifs is 1. The van der Waals surface area contributed by atoms with E-state index in [-0.39, 0.29) is 5.91 Å². The highest BCUT2D eigenvalue weighted by molar-refractivity contribution is 5.94. The molecule has 1 fully saturated rings. The van der Waals surface area contributed by atoms with E-state index in [1.165, 1.54) is 5.69 Å². The number of hydrogen-bond acceptors (Lipinski definition) is 4. The highest BCUT2D eigenvalue weighted by Gasteiger charge is 2.31. The van der Waals surface area contributed by atoms with Gasteiger partial charge in [0.25, 0.3) is 5.91 Å². The second-order valence-corrected chi connectivity index (χ2v) is 7.19. The van der Waals surface area contributed by atoms with E-state index < -0.39 is 0 Å². The van der Waals surface area contributed by atoms with Gasteiger partial charge in [0.15, 0.2) is 5.69 Å². The molecule has 2 heterocycles. The van der Waals surface area contributed by atoms with Crippen LogP contribution in [-0.4, -0.2) is 59.5 Å². The molecular formula is C20H32N4O2. The molecule has 1 N–H and O–H groups in total. The molecule has 144 valence electrons. The molecule has 1 aliphatic carbocycles. The quantitative estimate of drug-likeness (QED) is 0.542.